The van der Waals surface area contributed by atoms with Gasteiger partial charge >= 0.3 is 6.18 Å². The first-order valence-corrected chi connectivity index (χ1v) is 10.8. The molecule has 4 rings (SSSR count). The molecule has 0 unspecified atom stereocenters. The number of hydrogen-bond donors (Lipinski definition) is 0. The number of carbonyl (C=O) groups is 1. The summed E-state index contributed by atoms with van der Waals surface area (Å²) in [6.07, 6.45) is 1.10. The Hall–Kier alpha value is -1.99. The Balaban J connectivity index is 1.28. The van der Waals surface area contributed by atoms with Gasteiger partial charge in [-0.25, -0.2) is 0 Å². The molecule has 1 fully saturated rings. The van der Waals surface area contributed by atoms with Crippen LogP contribution in [0.2, 0.25) is 5.02 Å². The van der Waals surface area contributed by atoms with Crippen molar-refractivity contribution in [1.29, 1.82) is 0 Å². The Kier molecular flexibility index (Phi) is 6.11. The van der Waals surface area contributed by atoms with E-state index in [0.717, 1.165) is 57.1 Å². The molecule has 0 saturated carbocycles. The van der Waals surface area contributed by atoms with Crippen LogP contribution < -0.4 is 4.90 Å². The van der Waals surface area contributed by atoms with Crippen molar-refractivity contribution in [3.05, 3.63) is 52.3 Å². The van der Waals surface area contributed by atoms with Gasteiger partial charge in [0.15, 0.2) is 5.78 Å². The Bertz CT molecular complexity index is 917. The molecule has 2 aliphatic rings. The Morgan fingerprint density at radius 3 is 2.50 bits per heavy atom. The lowest BCUT2D eigenvalue weighted by atomic mass is 9.97. The lowest BCUT2D eigenvalue weighted by Gasteiger charge is -2.36. The van der Waals surface area contributed by atoms with Gasteiger partial charge in [0.25, 0.3) is 0 Å². The summed E-state index contributed by atoms with van der Waals surface area (Å²) < 4.78 is 41.5. The third-order valence-electron chi connectivity index (χ3n) is 6.06. The molecule has 0 amide bonds. The zero-order valence-corrected chi connectivity index (χ0v) is 17.5. The minimum atomic E-state index is -4.45. The second-order valence-corrected chi connectivity index (χ2v) is 8.40. The van der Waals surface area contributed by atoms with Gasteiger partial charge in [-0.3, -0.25) is 9.69 Å². The number of anilines is 1. The fraction of sp³-hybridized carbons (Fsp3) is 0.500. The van der Waals surface area contributed by atoms with Crippen molar-refractivity contribution in [1.82, 2.24) is 9.47 Å². The SMILES string of the molecule is O=C1CCCc2c1ccn2CCCN1CCN(c2ccc(Cl)c(C(F)(F)F)c2)CC1. The standard InChI is InChI=1S/C22H25ClF3N3O/c23-19-6-5-16(15-18(19)22(24,25)26)28-13-11-27(12-14-28)8-2-9-29-10-7-17-20(29)3-1-4-21(17)30/h5-7,10,15H,1-4,8-9,11-14H2. The van der Waals surface area contributed by atoms with E-state index in [2.05, 4.69) is 9.47 Å². The maximum Gasteiger partial charge on any atom is 0.417 e. The van der Waals surface area contributed by atoms with Crippen molar-refractivity contribution < 1.29 is 18.0 Å². The molecule has 1 aromatic carbocycles. The second-order valence-electron chi connectivity index (χ2n) is 7.99. The quantitative estimate of drug-likeness (QED) is 0.664. The van der Waals surface area contributed by atoms with Crippen LogP contribution in [0.5, 0.6) is 0 Å². The van der Waals surface area contributed by atoms with E-state index in [4.69, 9.17) is 11.6 Å². The number of aromatic nitrogens is 1. The summed E-state index contributed by atoms with van der Waals surface area (Å²) >= 11 is 5.73. The molecule has 1 aromatic heterocycles. The highest BCUT2D eigenvalue weighted by Gasteiger charge is 2.34. The average molecular weight is 440 g/mol. The summed E-state index contributed by atoms with van der Waals surface area (Å²) in [5.74, 6) is 0.252. The minimum Gasteiger partial charge on any atom is -0.369 e. The summed E-state index contributed by atoms with van der Waals surface area (Å²) in [7, 11) is 0. The lowest BCUT2D eigenvalue weighted by Crippen LogP contribution is -2.46. The molecular formula is C22H25ClF3N3O. The van der Waals surface area contributed by atoms with Crippen molar-refractivity contribution in [2.45, 2.75) is 38.4 Å². The Morgan fingerprint density at radius 1 is 1.00 bits per heavy atom. The van der Waals surface area contributed by atoms with E-state index in [-0.39, 0.29) is 10.8 Å². The van der Waals surface area contributed by atoms with Gasteiger partial charge in [0.05, 0.1) is 10.6 Å². The molecule has 162 valence electrons. The number of fused-ring (bicyclic) bond motifs is 1. The normalized spacial score (nSPS) is 18.0. The molecule has 1 saturated heterocycles. The van der Waals surface area contributed by atoms with Crippen molar-refractivity contribution in [2.24, 2.45) is 0 Å². The van der Waals surface area contributed by atoms with Gasteiger partial charge in [-0.15, -0.1) is 0 Å². The van der Waals surface area contributed by atoms with E-state index < -0.39 is 11.7 Å². The second kappa shape index (κ2) is 8.63. The third-order valence-corrected chi connectivity index (χ3v) is 6.39. The fourth-order valence-corrected chi connectivity index (χ4v) is 4.64. The van der Waals surface area contributed by atoms with Crippen molar-refractivity contribution in [3.63, 3.8) is 0 Å². The Morgan fingerprint density at radius 2 is 1.77 bits per heavy atom. The number of alkyl halides is 3. The summed E-state index contributed by atoms with van der Waals surface area (Å²) in [6.45, 7) is 4.81. The number of hydrogen-bond acceptors (Lipinski definition) is 3. The molecule has 8 heteroatoms. The van der Waals surface area contributed by atoms with E-state index >= 15 is 0 Å². The molecule has 0 radical (unpaired) electrons. The number of benzene rings is 1. The molecule has 2 heterocycles. The van der Waals surface area contributed by atoms with Crippen LogP contribution in [0.4, 0.5) is 18.9 Å². The zero-order chi connectivity index (χ0) is 21.3. The molecule has 0 N–H and O–H groups in total. The molecule has 2 aromatic rings. The van der Waals surface area contributed by atoms with Crippen LogP contribution in [-0.2, 0) is 19.1 Å². The molecule has 0 spiro atoms. The van der Waals surface area contributed by atoms with E-state index in [1.54, 1.807) is 6.07 Å². The van der Waals surface area contributed by atoms with Gasteiger partial charge in [-0.2, -0.15) is 13.2 Å². The topological polar surface area (TPSA) is 28.5 Å². The largest absolute Gasteiger partial charge is 0.417 e. The van der Waals surface area contributed by atoms with E-state index in [1.807, 2.05) is 17.2 Å². The molecule has 4 nitrogen and oxygen atoms in total. The van der Waals surface area contributed by atoms with Crippen LogP contribution in [0.25, 0.3) is 0 Å². The number of rotatable bonds is 5. The van der Waals surface area contributed by atoms with E-state index in [1.165, 1.54) is 11.8 Å². The number of halogens is 4. The van der Waals surface area contributed by atoms with Gasteiger partial charge in [0, 0.05) is 62.3 Å². The van der Waals surface area contributed by atoms with Gasteiger partial charge in [0.2, 0.25) is 0 Å². The third kappa shape index (κ3) is 4.52. The molecule has 1 aliphatic carbocycles. The first-order valence-electron chi connectivity index (χ1n) is 10.4. The molecular weight excluding hydrogens is 415 g/mol. The molecule has 1 aliphatic heterocycles. The summed E-state index contributed by atoms with van der Waals surface area (Å²) in [6, 6.07) is 6.07. The van der Waals surface area contributed by atoms with E-state index in [9.17, 15) is 18.0 Å². The Labute approximate surface area is 179 Å². The van der Waals surface area contributed by atoms with Crippen LogP contribution in [0, 0.1) is 0 Å². The maximum absolute atomic E-state index is 13.1. The number of ketones is 1. The number of Topliss-reactive ketones (excluding diaryl/α,β-unsaturated/α-hetero) is 1. The van der Waals surface area contributed by atoms with Crippen molar-refractivity contribution in [2.75, 3.05) is 37.6 Å². The van der Waals surface area contributed by atoms with Gasteiger partial charge in [0.1, 0.15) is 0 Å². The number of piperazine rings is 1. The summed E-state index contributed by atoms with van der Waals surface area (Å²) in [4.78, 5) is 16.3. The first-order chi connectivity index (χ1) is 14.3. The molecule has 30 heavy (non-hydrogen) atoms. The molecule has 0 atom stereocenters. The smallest absolute Gasteiger partial charge is 0.369 e. The van der Waals surface area contributed by atoms with Gasteiger partial charge in [-0.1, -0.05) is 11.6 Å². The van der Waals surface area contributed by atoms with Crippen LogP contribution in [0.3, 0.4) is 0 Å². The van der Waals surface area contributed by atoms with Gasteiger partial charge in [-0.05, 0) is 50.1 Å². The fourth-order valence-electron chi connectivity index (χ4n) is 4.42. The lowest BCUT2D eigenvalue weighted by molar-refractivity contribution is -0.137. The zero-order valence-electron chi connectivity index (χ0n) is 16.7. The molecule has 0 bridgehead atoms. The van der Waals surface area contributed by atoms with Crippen LogP contribution in [0.1, 0.15) is 40.9 Å². The maximum atomic E-state index is 13.1. The number of carbonyl (C=O) groups excluding carboxylic acids is 1. The van der Waals surface area contributed by atoms with Crippen molar-refractivity contribution >= 4 is 23.1 Å². The van der Waals surface area contributed by atoms with Crippen LogP contribution in [-0.4, -0.2) is 48.0 Å². The highest BCUT2D eigenvalue weighted by molar-refractivity contribution is 6.31. The van der Waals surface area contributed by atoms with Crippen molar-refractivity contribution in [3.8, 4) is 0 Å². The first kappa shape index (κ1) is 21.2. The minimum absolute atomic E-state index is 0.252. The predicted octanol–water partition coefficient (Wildman–Crippen LogP) is 4.89. The van der Waals surface area contributed by atoms with Crippen LogP contribution >= 0.6 is 11.6 Å². The highest BCUT2D eigenvalue weighted by Crippen LogP contribution is 2.37. The monoisotopic (exact) mass is 439 g/mol. The van der Waals surface area contributed by atoms with Gasteiger partial charge < -0.3 is 9.47 Å². The summed E-state index contributed by atoms with van der Waals surface area (Å²) in [5.41, 5.74) is 1.84. The van der Waals surface area contributed by atoms with Crippen LogP contribution in [0.15, 0.2) is 30.5 Å². The summed E-state index contributed by atoms with van der Waals surface area (Å²) in [5, 5.41) is -0.265. The average Bonchev–Trinajstić information content (AvgIpc) is 3.13. The number of nitrogens with zero attached hydrogens (tertiary/aromatic N) is 3. The van der Waals surface area contributed by atoms with E-state index in [0.29, 0.717) is 25.2 Å². The number of aryl methyl sites for hydroxylation is 1. The highest BCUT2D eigenvalue weighted by atomic mass is 35.5. The predicted molar refractivity (Wildman–Crippen MR) is 111 cm³/mol.